The lowest BCUT2D eigenvalue weighted by atomic mass is 10.0. The molecular weight excluding hydrogens is 546 g/mol. The molecule has 8 atom stereocenters. The number of carboxylic acids is 1. The molecule has 204 valence electrons. The number of aliphatic carboxylic acids is 1. The Labute approximate surface area is 206 Å². The summed E-state index contributed by atoms with van der Waals surface area (Å²) in [6.45, 7) is 0.213. The molecule has 0 spiro atoms. The summed E-state index contributed by atoms with van der Waals surface area (Å²) in [5, 5.41) is 35.5. The predicted octanol–water partition coefficient (Wildman–Crippen LogP) is -1.69. The van der Waals surface area contributed by atoms with Gasteiger partial charge in [-0.1, -0.05) is 0 Å². The van der Waals surface area contributed by atoms with E-state index in [1.54, 1.807) is 0 Å². The average Bonchev–Trinajstić information content (AvgIpc) is 3.32. The molecule has 2 aromatic rings. The van der Waals surface area contributed by atoms with Gasteiger partial charge >= 0.3 is 27.4 Å². The number of amides is 2. The highest BCUT2D eigenvalue weighted by Crippen LogP contribution is 2.58. The molecule has 21 heteroatoms. The zero-order valence-electron chi connectivity index (χ0n) is 18.6. The van der Waals surface area contributed by atoms with Gasteiger partial charge in [0.1, 0.15) is 30.6 Å². The summed E-state index contributed by atoms with van der Waals surface area (Å²) in [5.74, 6) is -5.91. The van der Waals surface area contributed by atoms with Crippen LogP contribution in [0.3, 0.4) is 0 Å². The highest BCUT2D eigenvalue weighted by molar-refractivity contribution is 7.54. The number of fused-ring (bicyclic) bond motifs is 3. The van der Waals surface area contributed by atoms with Crippen LogP contribution in [-0.4, -0.2) is 98.3 Å². The van der Waals surface area contributed by atoms with E-state index in [1.165, 1.54) is 6.92 Å². The molecule has 2 amide bonds. The normalized spacial score (nSPS) is 35.3. The summed E-state index contributed by atoms with van der Waals surface area (Å²) in [6.07, 6.45) is -5.47. The molecule has 1 fully saturated rings. The number of aliphatic hydroxyl groups is 2. The van der Waals surface area contributed by atoms with Crippen LogP contribution in [0.2, 0.25) is 0 Å². The van der Waals surface area contributed by atoms with Gasteiger partial charge in [0.05, 0.1) is 12.9 Å². The van der Waals surface area contributed by atoms with Gasteiger partial charge in [0.15, 0.2) is 29.1 Å². The van der Waals surface area contributed by atoms with Gasteiger partial charge in [-0.25, -0.2) is 24.3 Å². The number of nitrogens with zero attached hydrogens (tertiary/aromatic N) is 4. The summed E-state index contributed by atoms with van der Waals surface area (Å²) in [5.41, 5.74) is -0.0539. The highest BCUT2D eigenvalue weighted by Gasteiger charge is 2.56. The van der Waals surface area contributed by atoms with Crippen molar-refractivity contribution in [1.29, 1.82) is 0 Å². The van der Waals surface area contributed by atoms with Crippen LogP contribution in [0, 0.1) is 5.92 Å². The molecule has 2 aromatic heterocycles. The van der Waals surface area contributed by atoms with Crippen LogP contribution >= 0.6 is 15.4 Å². The van der Waals surface area contributed by atoms with Gasteiger partial charge < -0.3 is 44.6 Å². The summed E-state index contributed by atoms with van der Waals surface area (Å²) >= 11 is 0. The second kappa shape index (κ2) is 9.95. The van der Waals surface area contributed by atoms with Crippen LogP contribution in [0.5, 0.6) is 0 Å². The molecule has 0 aromatic carbocycles. The number of ether oxygens (including phenoxy) is 1. The van der Waals surface area contributed by atoms with E-state index in [-0.39, 0.29) is 17.0 Å². The van der Waals surface area contributed by atoms with Crippen LogP contribution in [0.1, 0.15) is 13.2 Å². The van der Waals surface area contributed by atoms with E-state index in [4.69, 9.17) is 9.26 Å². The third kappa shape index (κ3) is 5.51. The van der Waals surface area contributed by atoms with Gasteiger partial charge in [0.25, 0.3) is 0 Å². The SMILES string of the molecule is CC1NC(=O)Nc2ncnc3c2ncn3[C@@H]2O[C@H](C(OP(=O)(O)O)P(=O)(O)OCC1C(=O)O)[C@@H](O)[C@H]2O. The Bertz CT molecular complexity index is 1300. The molecule has 4 heterocycles. The number of imidazole rings is 1. The molecule has 8 N–H and O–H groups in total. The fraction of sp³-hybridized carbons (Fsp3) is 0.562. The van der Waals surface area contributed by atoms with E-state index in [9.17, 15) is 48.7 Å². The lowest BCUT2D eigenvalue weighted by Gasteiger charge is -2.30. The highest BCUT2D eigenvalue weighted by atomic mass is 31.2. The average molecular weight is 568 g/mol. The number of anilines is 1. The van der Waals surface area contributed by atoms with Crippen LogP contribution < -0.4 is 10.6 Å². The number of hydrogen-bond donors (Lipinski definition) is 8. The Balaban J connectivity index is 1.84. The van der Waals surface area contributed by atoms with Gasteiger partial charge in [0, 0.05) is 6.04 Å². The van der Waals surface area contributed by atoms with Gasteiger partial charge in [0.2, 0.25) is 0 Å². The molecule has 1 saturated heterocycles. The first-order valence-electron chi connectivity index (χ1n) is 10.4. The maximum absolute atomic E-state index is 13.1. The minimum Gasteiger partial charge on any atom is -0.481 e. The first-order valence-corrected chi connectivity index (χ1v) is 13.6. The largest absolute Gasteiger partial charge is 0.481 e. The smallest absolute Gasteiger partial charge is 0.470 e. The number of phosphoric acid groups is 1. The maximum Gasteiger partial charge on any atom is 0.470 e. The van der Waals surface area contributed by atoms with E-state index >= 15 is 0 Å². The van der Waals surface area contributed by atoms with Crippen molar-refractivity contribution >= 4 is 44.4 Å². The third-order valence-corrected chi connectivity index (χ3v) is 7.94. The summed E-state index contributed by atoms with van der Waals surface area (Å²) < 4.78 is 40.6. The van der Waals surface area contributed by atoms with Crippen molar-refractivity contribution in [3.8, 4) is 0 Å². The van der Waals surface area contributed by atoms with Crippen molar-refractivity contribution in [2.45, 2.75) is 43.4 Å². The Morgan fingerprint density at radius 1 is 1.27 bits per heavy atom. The fourth-order valence-corrected chi connectivity index (χ4v) is 6.25. The van der Waals surface area contributed by atoms with E-state index in [0.29, 0.717) is 0 Å². The number of carbonyl (C=O) groups excluding carboxylic acids is 1. The Hall–Kier alpha value is -2.57. The standard InChI is InChI=1S/C16H22N6O13P2/c1-5-6(14(25)26)2-33-36(28,29)15(35-37(30,31)32)10-8(23)9(24)13(34-10)22-4-19-7-11(21-16(27)20-5)17-3-18-12(7)22/h3-6,8-10,13,15,23-24H,2H2,1H3,(H,25,26)(H,28,29)(H2,30,31,32)(H2,17,18,20,21,27)/t5?,6?,8-,9+,10-,13+,15?/m0/s1. The first-order chi connectivity index (χ1) is 17.2. The minimum atomic E-state index is -5.54. The molecule has 6 bridgehead atoms. The Morgan fingerprint density at radius 2 is 1.97 bits per heavy atom. The second-order valence-corrected chi connectivity index (χ2v) is 11.3. The van der Waals surface area contributed by atoms with E-state index in [2.05, 4.69) is 30.1 Å². The number of carboxylic acid groups (broad SMARTS) is 1. The zero-order chi connectivity index (χ0) is 27.3. The molecule has 2 aliphatic heterocycles. The van der Waals surface area contributed by atoms with Crippen LogP contribution in [0.4, 0.5) is 10.6 Å². The number of carbonyl (C=O) groups is 2. The predicted molar refractivity (Wildman–Crippen MR) is 117 cm³/mol. The number of phosphoric ester groups is 1. The molecule has 4 rings (SSSR count). The molecule has 37 heavy (non-hydrogen) atoms. The quantitative estimate of drug-likeness (QED) is 0.192. The number of rotatable bonds is 3. The Morgan fingerprint density at radius 3 is 2.62 bits per heavy atom. The van der Waals surface area contributed by atoms with Crippen LogP contribution in [-0.2, 0) is 27.7 Å². The van der Waals surface area contributed by atoms with E-state index in [0.717, 1.165) is 17.2 Å². The summed E-state index contributed by atoms with van der Waals surface area (Å²) in [4.78, 5) is 65.5. The van der Waals surface area contributed by atoms with Crippen molar-refractivity contribution in [1.82, 2.24) is 24.8 Å². The Kier molecular flexibility index (Phi) is 7.39. The lowest BCUT2D eigenvalue weighted by molar-refractivity contribution is -0.143. The zero-order valence-corrected chi connectivity index (χ0v) is 20.4. The molecule has 19 nitrogen and oxygen atoms in total. The number of urea groups is 1. The molecular formula is C16H22N6O13P2. The molecule has 0 radical (unpaired) electrons. The van der Waals surface area contributed by atoms with Gasteiger partial charge in [-0.05, 0) is 6.92 Å². The lowest BCUT2D eigenvalue weighted by Crippen LogP contribution is -2.45. The van der Waals surface area contributed by atoms with Crippen molar-refractivity contribution < 1.29 is 62.5 Å². The van der Waals surface area contributed by atoms with Crippen molar-refractivity contribution in [2.24, 2.45) is 5.92 Å². The summed E-state index contributed by atoms with van der Waals surface area (Å²) in [6, 6.07) is -2.15. The number of aliphatic hydroxyl groups excluding tert-OH is 2. The number of hydrogen-bond acceptors (Lipinski definition) is 12. The van der Waals surface area contributed by atoms with E-state index in [1.807, 2.05) is 0 Å². The van der Waals surface area contributed by atoms with Gasteiger partial charge in [-0.15, -0.1) is 0 Å². The second-order valence-electron chi connectivity index (χ2n) is 8.20. The third-order valence-electron chi connectivity index (χ3n) is 5.71. The number of aromatic nitrogens is 4. The summed E-state index contributed by atoms with van der Waals surface area (Å²) in [7, 11) is -10.9. The van der Waals surface area contributed by atoms with Crippen LogP contribution in [0.25, 0.3) is 11.2 Å². The minimum absolute atomic E-state index is 0.0138. The van der Waals surface area contributed by atoms with Crippen molar-refractivity contribution in [3.63, 3.8) is 0 Å². The van der Waals surface area contributed by atoms with Crippen LogP contribution in [0.15, 0.2) is 12.7 Å². The molecule has 0 saturated carbocycles. The van der Waals surface area contributed by atoms with Crippen molar-refractivity contribution in [2.75, 3.05) is 11.9 Å². The van der Waals surface area contributed by atoms with E-state index < -0.39 is 76.4 Å². The maximum atomic E-state index is 13.1. The van der Waals surface area contributed by atoms with Gasteiger partial charge in [-0.3, -0.25) is 23.8 Å². The van der Waals surface area contributed by atoms with Crippen molar-refractivity contribution in [3.05, 3.63) is 12.7 Å². The number of nitrogens with one attached hydrogen (secondary N) is 2. The first kappa shape index (κ1) is 27.5. The topological polar surface area (TPSA) is 285 Å². The van der Waals surface area contributed by atoms with Gasteiger partial charge in [-0.2, -0.15) is 0 Å². The fourth-order valence-electron chi connectivity index (χ4n) is 3.87. The molecule has 0 aliphatic carbocycles. The molecule has 2 aliphatic rings. The monoisotopic (exact) mass is 568 g/mol. The molecule has 4 unspecified atom stereocenters.